The fourth-order valence-corrected chi connectivity index (χ4v) is 14.1. The van der Waals surface area contributed by atoms with Crippen molar-refractivity contribution in [2.75, 3.05) is 4.90 Å². The Balaban J connectivity index is 0.951. The van der Waals surface area contributed by atoms with Crippen molar-refractivity contribution in [2.24, 2.45) is 0 Å². The Labute approximate surface area is 421 Å². The van der Waals surface area contributed by atoms with Gasteiger partial charge in [-0.25, -0.2) is 0 Å². The number of benzene rings is 12. The summed E-state index contributed by atoms with van der Waals surface area (Å²) in [5.41, 5.74) is 21.3. The number of furan rings is 1. The van der Waals surface area contributed by atoms with Crippen LogP contribution < -0.4 is 9.64 Å². The van der Waals surface area contributed by atoms with Gasteiger partial charge in [0.05, 0.1) is 10.8 Å². The molecule has 0 amide bonds. The van der Waals surface area contributed by atoms with E-state index in [4.69, 9.17) is 9.15 Å². The van der Waals surface area contributed by atoms with Crippen molar-refractivity contribution >= 4 is 60.5 Å². The Morgan fingerprint density at radius 3 is 1.29 bits per heavy atom. The highest BCUT2D eigenvalue weighted by atomic mass is 16.5. The third-order valence-corrected chi connectivity index (χ3v) is 16.9. The van der Waals surface area contributed by atoms with E-state index in [-0.39, 0.29) is 0 Å². The molecule has 12 aromatic carbocycles. The summed E-state index contributed by atoms with van der Waals surface area (Å²) in [7, 11) is 0. The van der Waals surface area contributed by atoms with Crippen LogP contribution in [0.2, 0.25) is 0 Å². The van der Waals surface area contributed by atoms with E-state index in [0.717, 1.165) is 83.2 Å². The lowest BCUT2D eigenvalue weighted by Crippen LogP contribution is -2.32. The Morgan fingerprint density at radius 1 is 0.260 bits per heavy atom. The first-order valence-corrected chi connectivity index (χ1v) is 25.3. The van der Waals surface area contributed by atoms with E-state index in [1.54, 1.807) is 0 Å². The first-order chi connectivity index (χ1) is 36.2. The second-order valence-electron chi connectivity index (χ2n) is 20.2. The first kappa shape index (κ1) is 39.3. The first-order valence-electron chi connectivity index (χ1n) is 25.3. The molecule has 17 rings (SSSR count). The normalized spacial score (nSPS) is 14.4. The molecule has 4 aliphatic rings. The number of hydrogen-bond acceptors (Lipinski definition) is 3. The van der Waals surface area contributed by atoms with E-state index in [2.05, 4.69) is 248 Å². The molecule has 338 valence electrons. The third-order valence-electron chi connectivity index (χ3n) is 16.9. The minimum atomic E-state index is -0.709. The predicted octanol–water partition coefficient (Wildman–Crippen LogP) is 18.2. The molecular weight excluding hydrogens is 887 g/mol. The SMILES string of the molecule is c1ccc2c(c1)-c1ccccc1C21c2ccccc2-c2cc(N(c3ccc4c(c3)C3(c5ccccc5-4)c4ccc5ccccc5c4Oc4c3ccc3ccccc43)c3ccc4c(c3)oc3ccccc34)ccc21. The Kier molecular flexibility index (Phi) is 7.60. The number of hydrogen-bond donors (Lipinski definition) is 0. The van der Waals surface area contributed by atoms with Gasteiger partial charge in [-0.3, -0.25) is 0 Å². The van der Waals surface area contributed by atoms with E-state index in [9.17, 15) is 0 Å². The van der Waals surface area contributed by atoms with Gasteiger partial charge in [-0.1, -0.05) is 200 Å². The van der Waals surface area contributed by atoms with Gasteiger partial charge in [-0.15, -0.1) is 0 Å². The van der Waals surface area contributed by atoms with Gasteiger partial charge in [0.15, 0.2) is 0 Å². The summed E-state index contributed by atoms with van der Waals surface area (Å²) < 4.78 is 14.0. The number of fused-ring (bicyclic) bond motifs is 26. The second-order valence-corrected chi connectivity index (χ2v) is 20.2. The average molecular weight is 928 g/mol. The van der Waals surface area contributed by atoms with E-state index in [1.165, 1.54) is 66.8 Å². The highest BCUT2D eigenvalue weighted by molar-refractivity contribution is 6.07. The Bertz CT molecular complexity index is 4440. The number of ether oxygens (including phenoxy) is 1. The zero-order chi connectivity index (χ0) is 47.6. The maximum absolute atomic E-state index is 7.34. The van der Waals surface area contributed by atoms with Crippen molar-refractivity contribution in [1.29, 1.82) is 0 Å². The van der Waals surface area contributed by atoms with Gasteiger partial charge in [0.25, 0.3) is 0 Å². The number of para-hydroxylation sites is 1. The van der Waals surface area contributed by atoms with E-state index < -0.39 is 10.8 Å². The van der Waals surface area contributed by atoms with Gasteiger partial charge < -0.3 is 14.1 Å². The number of rotatable bonds is 3. The van der Waals surface area contributed by atoms with Crippen molar-refractivity contribution in [3.05, 3.63) is 293 Å². The lowest BCUT2D eigenvalue weighted by molar-refractivity contribution is 0.447. The van der Waals surface area contributed by atoms with Crippen LogP contribution in [-0.4, -0.2) is 0 Å². The summed E-state index contributed by atoms with van der Waals surface area (Å²) in [4.78, 5) is 2.45. The van der Waals surface area contributed by atoms with Gasteiger partial charge in [-0.05, 0) is 120 Å². The van der Waals surface area contributed by atoms with Crippen LogP contribution in [0.25, 0.3) is 76.9 Å². The molecule has 3 nitrogen and oxygen atoms in total. The largest absolute Gasteiger partial charge is 0.456 e. The fraction of sp³-hybridized carbons (Fsp3) is 0.0286. The summed E-state index contributed by atoms with van der Waals surface area (Å²) in [6.07, 6.45) is 0. The summed E-state index contributed by atoms with van der Waals surface area (Å²) >= 11 is 0. The second kappa shape index (κ2) is 14.1. The van der Waals surface area contributed by atoms with Crippen LogP contribution in [0.4, 0.5) is 17.1 Å². The van der Waals surface area contributed by atoms with Crippen molar-refractivity contribution < 1.29 is 9.15 Å². The summed E-state index contributed by atoms with van der Waals surface area (Å²) in [6.45, 7) is 0. The van der Waals surface area contributed by atoms with Gasteiger partial charge >= 0.3 is 0 Å². The van der Waals surface area contributed by atoms with Gasteiger partial charge in [0, 0.05) is 55.8 Å². The van der Waals surface area contributed by atoms with Crippen LogP contribution in [0, 0.1) is 0 Å². The van der Waals surface area contributed by atoms with Gasteiger partial charge in [0.1, 0.15) is 22.7 Å². The molecular formula is C70H41NO2. The molecule has 0 saturated heterocycles. The number of nitrogens with zero attached hydrogens (tertiary/aromatic N) is 1. The molecule has 2 heterocycles. The quantitative estimate of drug-likeness (QED) is 0.177. The van der Waals surface area contributed by atoms with Crippen LogP contribution in [0.15, 0.2) is 253 Å². The minimum Gasteiger partial charge on any atom is -0.456 e. The zero-order valence-electron chi connectivity index (χ0n) is 39.4. The minimum absolute atomic E-state index is 0.445. The van der Waals surface area contributed by atoms with Crippen LogP contribution in [0.3, 0.4) is 0 Å². The van der Waals surface area contributed by atoms with E-state index in [0.29, 0.717) is 0 Å². The predicted molar refractivity (Wildman–Crippen MR) is 297 cm³/mol. The smallest absolute Gasteiger partial charge is 0.140 e. The molecule has 0 atom stereocenters. The van der Waals surface area contributed by atoms with Gasteiger partial charge in [-0.2, -0.15) is 0 Å². The molecule has 3 aliphatic carbocycles. The maximum Gasteiger partial charge on any atom is 0.140 e. The van der Waals surface area contributed by atoms with Crippen molar-refractivity contribution in [2.45, 2.75) is 10.8 Å². The molecule has 0 bridgehead atoms. The average Bonchev–Trinajstić information content (AvgIpc) is 4.17. The van der Waals surface area contributed by atoms with Crippen LogP contribution in [-0.2, 0) is 10.8 Å². The lowest BCUT2D eigenvalue weighted by atomic mass is 9.65. The zero-order valence-corrected chi connectivity index (χ0v) is 39.4. The molecule has 0 N–H and O–H groups in total. The topological polar surface area (TPSA) is 25.6 Å². The Hall–Kier alpha value is -9.44. The third kappa shape index (κ3) is 4.89. The molecule has 1 aliphatic heterocycles. The van der Waals surface area contributed by atoms with Crippen LogP contribution in [0.5, 0.6) is 11.5 Å². The fourth-order valence-electron chi connectivity index (χ4n) is 14.1. The van der Waals surface area contributed by atoms with Crippen LogP contribution in [0.1, 0.15) is 44.5 Å². The highest BCUT2D eigenvalue weighted by Crippen LogP contribution is 2.66. The summed E-state index contributed by atoms with van der Waals surface area (Å²) in [5, 5.41) is 6.71. The molecule has 2 spiro atoms. The molecule has 0 fully saturated rings. The van der Waals surface area contributed by atoms with Crippen molar-refractivity contribution in [3.63, 3.8) is 0 Å². The summed E-state index contributed by atoms with van der Waals surface area (Å²) in [6, 6.07) is 92.2. The molecule has 73 heavy (non-hydrogen) atoms. The lowest BCUT2D eigenvalue weighted by Gasteiger charge is -2.40. The molecule has 1 aromatic heterocycles. The van der Waals surface area contributed by atoms with Gasteiger partial charge in [0.2, 0.25) is 0 Å². The van der Waals surface area contributed by atoms with E-state index in [1.807, 2.05) is 6.07 Å². The molecule has 0 radical (unpaired) electrons. The Morgan fingerprint density at radius 2 is 0.671 bits per heavy atom. The molecule has 13 aromatic rings. The number of anilines is 3. The van der Waals surface area contributed by atoms with Crippen molar-refractivity contribution in [1.82, 2.24) is 0 Å². The standard InChI is InChI=1S/C70H41NO2/c1-3-17-47-42(15-1)29-36-62-67(47)73-68-48-18-4-2-16-43(48)30-37-63(68)70(62)59-26-12-7-21-51(59)53-34-31-45(40-64(53)70)71(46-32-35-55-54-23-9-14-28-65(54)72-66(55)41-46)44-33-38-61-56(39-44)52-22-8-13-27-60(52)69(61)57-24-10-5-19-49(57)50-20-6-11-25-58(50)69/h1-41H. The van der Waals surface area contributed by atoms with Crippen LogP contribution >= 0.6 is 0 Å². The molecule has 0 unspecified atom stereocenters. The monoisotopic (exact) mass is 927 g/mol. The highest BCUT2D eigenvalue weighted by Gasteiger charge is 2.53. The maximum atomic E-state index is 7.34. The summed E-state index contributed by atoms with van der Waals surface area (Å²) in [5.74, 6) is 1.81. The van der Waals surface area contributed by atoms with E-state index >= 15 is 0 Å². The molecule has 3 heteroatoms. The molecule has 0 saturated carbocycles. The van der Waals surface area contributed by atoms with Crippen molar-refractivity contribution in [3.8, 4) is 44.9 Å².